The number of aryl methyl sites for hydroxylation is 1. The fraction of sp³-hybridized carbons (Fsp3) is 0.611. The number of fused-ring (bicyclic) bond motifs is 1. The molecule has 0 aromatic heterocycles. The van der Waals surface area contributed by atoms with Crippen molar-refractivity contribution in [1.29, 1.82) is 0 Å². The monoisotopic (exact) mass is 302 g/mol. The van der Waals surface area contributed by atoms with Gasteiger partial charge < -0.3 is 10.4 Å². The second-order valence-corrected chi connectivity index (χ2v) is 7.00. The predicted octanol–water partition coefficient (Wildman–Crippen LogP) is 1.81. The predicted molar refractivity (Wildman–Crippen MR) is 86.6 cm³/mol. The van der Waals surface area contributed by atoms with Crippen LogP contribution in [0.3, 0.4) is 0 Å². The molecule has 0 spiro atoms. The molecule has 0 radical (unpaired) electrons. The molecule has 3 rings (SSSR count). The van der Waals surface area contributed by atoms with Gasteiger partial charge in [0.25, 0.3) is 0 Å². The largest absolute Gasteiger partial charge is 0.383 e. The van der Waals surface area contributed by atoms with Gasteiger partial charge in [0.15, 0.2) is 0 Å². The number of aliphatic hydroxyl groups is 1. The van der Waals surface area contributed by atoms with Gasteiger partial charge in [-0.3, -0.25) is 9.69 Å². The molecule has 4 nitrogen and oxygen atoms in total. The van der Waals surface area contributed by atoms with E-state index in [1.165, 1.54) is 5.56 Å². The van der Waals surface area contributed by atoms with E-state index >= 15 is 0 Å². The summed E-state index contributed by atoms with van der Waals surface area (Å²) in [4.78, 5) is 14.6. The van der Waals surface area contributed by atoms with Crippen molar-refractivity contribution in [2.24, 2.45) is 0 Å². The van der Waals surface area contributed by atoms with E-state index in [4.69, 9.17) is 0 Å². The van der Waals surface area contributed by atoms with Crippen molar-refractivity contribution in [3.8, 4) is 0 Å². The van der Waals surface area contributed by atoms with Gasteiger partial charge >= 0.3 is 0 Å². The van der Waals surface area contributed by atoms with Gasteiger partial charge in [0.1, 0.15) is 5.60 Å². The van der Waals surface area contributed by atoms with Crippen LogP contribution in [0.15, 0.2) is 24.3 Å². The Balaban J connectivity index is 1.73. The van der Waals surface area contributed by atoms with Crippen LogP contribution in [0.2, 0.25) is 0 Å². The molecule has 2 N–H and O–H groups in total. The number of benzene rings is 1. The third-order valence-electron chi connectivity index (χ3n) is 5.56. The van der Waals surface area contributed by atoms with Gasteiger partial charge in [-0.1, -0.05) is 24.3 Å². The Morgan fingerprint density at radius 3 is 2.59 bits per heavy atom. The van der Waals surface area contributed by atoms with E-state index in [-0.39, 0.29) is 11.4 Å². The number of hydrogen-bond acceptors (Lipinski definition) is 3. The third kappa shape index (κ3) is 2.44. The molecule has 2 aliphatic rings. The maximum absolute atomic E-state index is 12.6. The zero-order chi connectivity index (χ0) is 15.8. The molecule has 2 aliphatic carbocycles. The topological polar surface area (TPSA) is 52.6 Å². The van der Waals surface area contributed by atoms with E-state index < -0.39 is 5.60 Å². The Labute approximate surface area is 132 Å². The summed E-state index contributed by atoms with van der Waals surface area (Å²) in [6.07, 6.45) is 5.58. The molecule has 1 amide bonds. The highest BCUT2D eigenvalue weighted by Crippen LogP contribution is 2.38. The third-order valence-corrected chi connectivity index (χ3v) is 5.56. The average molecular weight is 302 g/mol. The minimum Gasteiger partial charge on any atom is -0.383 e. The number of nitrogens with zero attached hydrogens (tertiary/aromatic N) is 1. The van der Waals surface area contributed by atoms with Crippen molar-refractivity contribution in [1.82, 2.24) is 10.2 Å². The van der Waals surface area contributed by atoms with Crippen molar-refractivity contribution >= 4 is 5.91 Å². The molecule has 1 atom stereocenters. The van der Waals surface area contributed by atoms with Crippen LogP contribution in [-0.2, 0) is 16.8 Å². The Kier molecular flexibility index (Phi) is 4.00. The molecule has 1 fully saturated rings. The van der Waals surface area contributed by atoms with Crippen LogP contribution >= 0.6 is 0 Å². The molecule has 1 aromatic rings. The van der Waals surface area contributed by atoms with Gasteiger partial charge in [0.2, 0.25) is 5.91 Å². The van der Waals surface area contributed by atoms with Crippen molar-refractivity contribution < 1.29 is 9.90 Å². The summed E-state index contributed by atoms with van der Waals surface area (Å²) in [6, 6.07) is 8.04. The number of carbonyl (C=O) groups is 1. The summed E-state index contributed by atoms with van der Waals surface area (Å²) < 4.78 is 0. The lowest BCUT2D eigenvalue weighted by Crippen LogP contribution is -2.61. The quantitative estimate of drug-likeness (QED) is 0.892. The van der Waals surface area contributed by atoms with Crippen molar-refractivity contribution in [3.05, 3.63) is 35.4 Å². The Bertz CT molecular complexity index is 566. The maximum atomic E-state index is 12.6. The van der Waals surface area contributed by atoms with Gasteiger partial charge in [-0.25, -0.2) is 0 Å². The van der Waals surface area contributed by atoms with Crippen molar-refractivity contribution in [2.45, 2.75) is 49.7 Å². The molecule has 120 valence electrons. The molecule has 22 heavy (non-hydrogen) atoms. The van der Waals surface area contributed by atoms with E-state index in [1.807, 2.05) is 37.2 Å². The Morgan fingerprint density at radius 2 is 1.95 bits per heavy atom. The lowest BCUT2D eigenvalue weighted by Gasteiger charge is -2.46. The highest BCUT2D eigenvalue weighted by atomic mass is 16.3. The fourth-order valence-corrected chi connectivity index (χ4v) is 3.86. The molecule has 0 heterocycles. The van der Waals surface area contributed by atoms with Crippen LogP contribution in [0.4, 0.5) is 0 Å². The number of amides is 1. The second-order valence-electron chi connectivity index (χ2n) is 7.00. The van der Waals surface area contributed by atoms with Gasteiger partial charge in [0, 0.05) is 0 Å². The summed E-state index contributed by atoms with van der Waals surface area (Å²) in [5.41, 5.74) is 0.886. The van der Waals surface area contributed by atoms with Crippen LogP contribution in [0.1, 0.15) is 43.2 Å². The van der Waals surface area contributed by atoms with Crippen LogP contribution in [0.25, 0.3) is 0 Å². The second kappa shape index (κ2) is 5.67. The Morgan fingerprint density at radius 1 is 1.23 bits per heavy atom. The molecule has 0 saturated heterocycles. The first-order valence-corrected chi connectivity index (χ1v) is 8.24. The first-order valence-electron chi connectivity index (χ1n) is 8.24. The van der Waals surface area contributed by atoms with Crippen LogP contribution < -0.4 is 5.32 Å². The molecule has 1 saturated carbocycles. The molecule has 0 bridgehead atoms. The number of likely N-dealkylation sites (N-methyl/N-ethyl adjacent to an activating group) is 1. The van der Waals surface area contributed by atoms with E-state index in [2.05, 4.69) is 11.4 Å². The summed E-state index contributed by atoms with van der Waals surface area (Å²) in [7, 11) is 3.92. The van der Waals surface area contributed by atoms with E-state index in [9.17, 15) is 9.90 Å². The van der Waals surface area contributed by atoms with Crippen LogP contribution in [-0.4, -0.2) is 42.1 Å². The summed E-state index contributed by atoms with van der Waals surface area (Å²) in [6.45, 7) is 0.304. The smallest absolute Gasteiger partial charge is 0.240 e. The first kappa shape index (κ1) is 15.5. The lowest BCUT2D eigenvalue weighted by atomic mass is 9.74. The average Bonchev–Trinajstić information content (AvgIpc) is 2.44. The standard InChI is InChI=1S/C18H26N2O2/c1-20(2)17(10-6-11-17)16(21)19-13-18(22)12-5-8-14-7-3-4-9-15(14)18/h3-4,7,9,22H,5-6,8,10-13H2,1-2H3,(H,19,21). The van der Waals surface area contributed by atoms with Gasteiger partial charge in [-0.2, -0.15) is 0 Å². The molecule has 1 unspecified atom stereocenters. The van der Waals surface area contributed by atoms with Gasteiger partial charge in [0.05, 0.1) is 12.1 Å². The van der Waals surface area contributed by atoms with Crippen molar-refractivity contribution in [2.75, 3.05) is 20.6 Å². The molecule has 4 heteroatoms. The minimum absolute atomic E-state index is 0.0558. The Hall–Kier alpha value is -1.39. The highest BCUT2D eigenvalue weighted by molar-refractivity contribution is 5.87. The lowest BCUT2D eigenvalue weighted by molar-refractivity contribution is -0.138. The first-order chi connectivity index (χ1) is 10.5. The zero-order valence-electron chi connectivity index (χ0n) is 13.6. The van der Waals surface area contributed by atoms with Crippen molar-refractivity contribution in [3.63, 3.8) is 0 Å². The van der Waals surface area contributed by atoms with Gasteiger partial charge in [-0.05, 0) is 63.7 Å². The molecule has 1 aromatic carbocycles. The summed E-state index contributed by atoms with van der Waals surface area (Å²) in [5, 5.41) is 14.1. The summed E-state index contributed by atoms with van der Waals surface area (Å²) in [5.74, 6) is 0.0558. The number of nitrogens with one attached hydrogen (secondary N) is 1. The minimum atomic E-state index is -0.929. The number of hydrogen-bond donors (Lipinski definition) is 2. The zero-order valence-corrected chi connectivity index (χ0v) is 13.6. The van der Waals surface area contributed by atoms with Crippen LogP contribution in [0.5, 0.6) is 0 Å². The summed E-state index contributed by atoms with van der Waals surface area (Å²) >= 11 is 0. The molecular formula is C18H26N2O2. The highest BCUT2D eigenvalue weighted by Gasteiger charge is 2.46. The van der Waals surface area contributed by atoms with Crippen LogP contribution in [0, 0.1) is 0 Å². The molecular weight excluding hydrogens is 276 g/mol. The van der Waals surface area contributed by atoms with E-state index in [0.717, 1.165) is 37.7 Å². The van der Waals surface area contributed by atoms with E-state index in [1.54, 1.807) is 0 Å². The number of carbonyl (C=O) groups excluding carboxylic acids is 1. The van der Waals surface area contributed by atoms with Gasteiger partial charge in [-0.15, -0.1) is 0 Å². The van der Waals surface area contributed by atoms with E-state index in [0.29, 0.717) is 13.0 Å². The SMILES string of the molecule is CN(C)C1(C(=O)NCC2(O)CCCc3ccccc32)CCC1. The maximum Gasteiger partial charge on any atom is 0.240 e. The fourth-order valence-electron chi connectivity index (χ4n) is 3.86. The molecule has 0 aliphatic heterocycles. The number of rotatable bonds is 4. The normalized spacial score (nSPS) is 26.2.